The van der Waals surface area contributed by atoms with Gasteiger partial charge in [-0.25, -0.2) is 0 Å². The van der Waals surface area contributed by atoms with E-state index in [0.29, 0.717) is 0 Å². The van der Waals surface area contributed by atoms with Crippen molar-refractivity contribution in [2.75, 3.05) is 0 Å². The molecule has 0 amide bonds. The summed E-state index contributed by atoms with van der Waals surface area (Å²) in [7, 11) is 0. The van der Waals surface area contributed by atoms with Gasteiger partial charge in [0, 0.05) is 9.75 Å². The van der Waals surface area contributed by atoms with Crippen LogP contribution in [0.2, 0.25) is 0 Å². The van der Waals surface area contributed by atoms with Crippen molar-refractivity contribution >= 4 is 55.0 Å². The lowest BCUT2D eigenvalue weighted by molar-refractivity contribution is 1.53. The van der Waals surface area contributed by atoms with Gasteiger partial charge in [-0.3, -0.25) is 0 Å². The molecule has 0 unspecified atom stereocenters. The zero-order chi connectivity index (χ0) is 18.8. The van der Waals surface area contributed by atoms with Crippen LogP contribution in [0.4, 0.5) is 0 Å². The van der Waals surface area contributed by atoms with Crippen LogP contribution < -0.4 is 0 Å². The van der Waals surface area contributed by atoms with E-state index in [1.807, 2.05) is 22.7 Å². The highest BCUT2D eigenvalue weighted by molar-refractivity contribution is 7.14. The molecule has 0 saturated carbocycles. The van der Waals surface area contributed by atoms with Crippen LogP contribution in [0.1, 0.15) is 11.1 Å². The minimum atomic E-state index is 1.34. The lowest BCUT2D eigenvalue weighted by atomic mass is 9.86. The standard InChI is InChI=1S/C26H18S2/c1-15-13-21(23-5-3-11-27-23)19-9-10-20-22(24-6-4-12-28-24)14-16(2)18-8-7-17(15)25(19)26(18)20/h3-14H,1-2H3. The van der Waals surface area contributed by atoms with Crippen LogP contribution in [0.25, 0.3) is 53.2 Å². The van der Waals surface area contributed by atoms with E-state index >= 15 is 0 Å². The Morgan fingerprint density at radius 2 is 0.964 bits per heavy atom. The first kappa shape index (κ1) is 16.3. The maximum Gasteiger partial charge on any atom is 0.0349 e. The van der Waals surface area contributed by atoms with E-state index in [4.69, 9.17) is 0 Å². The zero-order valence-electron chi connectivity index (χ0n) is 15.7. The van der Waals surface area contributed by atoms with Crippen molar-refractivity contribution in [3.8, 4) is 20.9 Å². The molecule has 0 radical (unpaired) electrons. The minimum Gasteiger partial charge on any atom is -0.144 e. The predicted octanol–water partition coefficient (Wildman–Crippen LogP) is 8.66. The molecule has 6 aromatic rings. The Labute approximate surface area is 172 Å². The molecule has 0 nitrogen and oxygen atoms in total. The Balaban J connectivity index is 1.86. The van der Waals surface area contributed by atoms with Gasteiger partial charge >= 0.3 is 0 Å². The smallest absolute Gasteiger partial charge is 0.0349 e. The molecule has 6 rings (SSSR count). The number of benzene rings is 4. The van der Waals surface area contributed by atoms with Gasteiger partial charge in [0.25, 0.3) is 0 Å². The molecule has 0 spiro atoms. The summed E-state index contributed by atoms with van der Waals surface area (Å²) in [6, 6.07) is 22.8. The summed E-state index contributed by atoms with van der Waals surface area (Å²) < 4.78 is 0. The summed E-state index contributed by atoms with van der Waals surface area (Å²) in [5, 5.41) is 12.6. The average Bonchev–Trinajstić information content (AvgIpc) is 3.42. The van der Waals surface area contributed by atoms with Crippen LogP contribution in [-0.2, 0) is 0 Å². The van der Waals surface area contributed by atoms with Crippen LogP contribution in [0.3, 0.4) is 0 Å². The van der Waals surface area contributed by atoms with Gasteiger partial charge in [-0.1, -0.05) is 36.4 Å². The number of hydrogen-bond donors (Lipinski definition) is 0. The van der Waals surface area contributed by atoms with Crippen molar-refractivity contribution in [2.24, 2.45) is 0 Å². The second-order valence-corrected chi connectivity index (χ2v) is 9.40. The molecule has 0 N–H and O–H groups in total. The second kappa shape index (κ2) is 5.91. The molecule has 2 aromatic heterocycles. The molecule has 0 bridgehead atoms. The Morgan fingerprint density at radius 3 is 1.36 bits per heavy atom. The summed E-state index contributed by atoms with van der Waals surface area (Å²) in [6.07, 6.45) is 0. The van der Waals surface area contributed by atoms with E-state index in [9.17, 15) is 0 Å². The van der Waals surface area contributed by atoms with E-state index in [2.05, 4.69) is 85.3 Å². The van der Waals surface area contributed by atoms with Crippen molar-refractivity contribution in [2.45, 2.75) is 13.8 Å². The summed E-state index contributed by atoms with van der Waals surface area (Å²) in [5.74, 6) is 0. The molecule has 4 aromatic carbocycles. The van der Waals surface area contributed by atoms with Crippen molar-refractivity contribution in [1.82, 2.24) is 0 Å². The molecule has 0 fully saturated rings. The van der Waals surface area contributed by atoms with Gasteiger partial charge < -0.3 is 0 Å². The molecule has 28 heavy (non-hydrogen) atoms. The highest BCUT2D eigenvalue weighted by Crippen LogP contribution is 2.45. The van der Waals surface area contributed by atoms with Crippen LogP contribution in [-0.4, -0.2) is 0 Å². The van der Waals surface area contributed by atoms with E-state index in [1.165, 1.54) is 64.3 Å². The monoisotopic (exact) mass is 394 g/mol. The Kier molecular flexibility index (Phi) is 3.44. The summed E-state index contributed by atoms with van der Waals surface area (Å²) in [5.41, 5.74) is 5.41. The second-order valence-electron chi connectivity index (χ2n) is 7.51. The maximum atomic E-state index is 2.36. The first-order valence-electron chi connectivity index (χ1n) is 9.52. The molecule has 0 saturated heterocycles. The molecule has 0 atom stereocenters. The molecule has 0 aliphatic rings. The zero-order valence-corrected chi connectivity index (χ0v) is 17.4. The highest BCUT2D eigenvalue weighted by atomic mass is 32.1. The Hall–Kier alpha value is -2.68. The van der Waals surface area contributed by atoms with Crippen molar-refractivity contribution in [3.05, 3.63) is 82.6 Å². The van der Waals surface area contributed by atoms with E-state index in [1.54, 1.807) is 0 Å². The van der Waals surface area contributed by atoms with Crippen molar-refractivity contribution in [3.63, 3.8) is 0 Å². The van der Waals surface area contributed by atoms with Gasteiger partial charge in [-0.15, -0.1) is 22.7 Å². The van der Waals surface area contributed by atoms with Gasteiger partial charge in [0.15, 0.2) is 0 Å². The van der Waals surface area contributed by atoms with E-state index in [-0.39, 0.29) is 0 Å². The molecular formula is C26H18S2. The summed E-state index contributed by atoms with van der Waals surface area (Å²) >= 11 is 3.64. The van der Waals surface area contributed by atoms with Gasteiger partial charge in [-0.05, 0) is 103 Å². The van der Waals surface area contributed by atoms with Gasteiger partial charge in [0.1, 0.15) is 0 Å². The van der Waals surface area contributed by atoms with Crippen molar-refractivity contribution < 1.29 is 0 Å². The van der Waals surface area contributed by atoms with Crippen LogP contribution in [0.15, 0.2) is 71.4 Å². The van der Waals surface area contributed by atoms with Crippen LogP contribution in [0.5, 0.6) is 0 Å². The third kappa shape index (κ3) is 2.16. The van der Waals surface area contributed by atoms with Crippen LogP contribution in [0, 0.1) is 13.8 Å². The van der Waals surface area contributed by atoms with E-state index < -0.39 is 0 Å². The maximum absolute atomic E-state index is 2.36. The number of hydrogen-bond acceptors (Lipinski definition) is 2. The largest absolute Gasteiger partial charge is 0.144 e. The molecular weight excluding hydrogens is 376 g/mol. The first-order valence-corrected chi connectivity index (χ1v) is 11.3. The van der Waals surface area contributed by atoms with Gasteiger partial charge in [-0.2, -0.15) is 0 Å². The quantitative estimate of drug-likeness (QED) is 0.258. The molecule has 2 heteroatoms. The highest BCUT2D eigenvalue weighted by Gasteiger charge is 2.18. The number of aryl methyl sites for hydroxylation is 2. The summed E-state index contributed by atoms with van der Waals surface area (Å²) in [4.78, 5) is 2.69. The minimum absolute atomic E-state index is 1.34. The fraction of sp³-hybridized carbons (Fsp3) is 0.0769. The lowest BCUT2D eigenvalue weighted by Crippen LogP contribution is -1.92. The first-order chi connectivity index (χ1) is 13.7. The molecule has 0 aliphatic heterocycles. The fourth-order valence-corrected chi connectivity index (χ4v) is 6.13. The Morgan fingerprint density at radius 1 is 0.536 bits per heavy atom. The average molecular weight is 395 g/mol. The number of rotatable bonds is 2. The summed E-state index contributed by atoms with van der Waals surface area (Å²) in [6.45, 7) is 4.49. The third-order valence-corrected chi connectivity index (χ3v) is 7.69. The van der Waals surface area contributed by atoms with Gasteiger partial charge in [0.05, 0.1) is 0 Å². The molecule has 134 valence electrons. The normalized spacial score (nSPS) is 11.9. The SMILES string of the molecule is Cc1cc(-c2cccs2)c2ccc3c(-c4cccs4)cc(C)c4ccc1c2c43. The molecule has 2 heterocycles. The third-order valence-electron chi connectivity index (χ3n) is 5.89. The van der Waals surface area contributed by atoms with E-state index in [0.717, 1.165) is 0 Å². The lowest BCUT2D eigenvalue weighted by Gasteiger charge is -2.18. The number of thiophene rings is 2. The van der Waals surface area contributed by atoms with Crippen LogP contribution >= 0.6 is 22.7 Å². The topological polar surface area (TPSA) is 0 Å². The molecule has 0 aliphatic carbocycles. The fourth-order valence-electron chi connectivity index (χ4n) is 4.62. The Bertz CT molecular complexity index is 1340. The predicted molar refractivity (Wildman–Crippen MR) is 126 cm³/mol. The van der Waals surface area contributed by atoms with Gasteiger partial charge in [0.2, 0.25) is 0 Å². The van der Waals surface area contributed by atoms with Crippen molar-refractivity contribution in [1.29, 1.82) is 0 Å².